The lowest BCUT2D eigenvalue weighted by molar-refractivity contribution is -0.385. The predicted octanol–water partition coefficient (Wildman–Crippen LogP) is 3.09. The Hall–Kier alpha value is -2.38. The summed E-state index contributed by atoms with van der Waals surface area (Å²) in [6, 6.07) is 11.8. The standard InChI is InChI=1S/C17H18N2O4S/c1-11-14(4-3-5-15(11)19(22)23)17(21)18-10-16(20)12-6-8-13(24-2)9-7-12/h3-9,16,20H,10H2,1-2H3,(H,18,21). The van der Waals surface area contributed by atoms with Crippen LogP contribution in [0.2, 0.25) is 0 Å². The van der Waals surface area contributed by atoms with Crippen molar-refractivity contribution in [1.82, 2.24) is 5.32 Å². The van der Waals surface area contributed by atoms with E-state index in [4.69, 9.17) is 0 Å². The van der Waals surface area contributed by atoms with Crippen molar-refractivity contribution in [2.45, 2.75) is 17.9 Å². The zero-order chi connectivity index (χ0) is 17.7. The molecule has 0 saturated heterocycles. The minimum Gasteiger partial charge on any atom is -0.387 e. The summed E-state index contributed by atoms with van der Waals surface area (Å²) in [6.07, 6.45) is 1.12. The molecule has 0 aliphatic carbocycles. The highest BCUT2D eigenvalue weighted by molar-refractivity contribution is 7.98. The lowest BCUT2D eigenvalue weighted by Crippen LogP contribution is -2.29. The molecular formula is C17H18N2O4S. The Morgan fingerprint density at radius 3 is 2.54 bits per heavy atom. The molecule has 0 aliphatic rings. The number of benzene rings is 2. The van der Waals surface area contributed by atoms with E-state index in [1.54, 1.807) is 23.9 Å². The second-order valence-corrected chi connectivity index (χ2v) is 6.09. The van der Waals surface area contributed by atoms with Crippen LogP contribution < -0.4 is 5.32 Å². The van der Waals surface area contributed by atoms with Gasteiger partial charge in [0.1, 0.15) is 0 Å². The van der Waals surface area contributed by atoms with Crippen LogP contribution >= 0.6 is 11.8 Å². The van der Waals surface area contributed by atoms with E-state index in [-0.39, 0.29) is 17.8 Å². The van der Waals surface area contributed by atoms with E-state index >= 15 is 0 Å². The second kappa shape index (κ2) is 7.94. The topological polar surface area (TPSA) is 92.5 Å². The van der Waals surface area contributed by atoms with Gasteiger partial charge in [0.05, 0.1) is 11.0 Å². The summed E-state index contributed by atoms with van der Waals surface area (Å²) in [5, 5.41) is 23.7. The molecule has 6 nitrogen and oxygen atoms in total. The molecule has 1 amide bonds. The summed E-state index contributed by atoms with van der Waals surface area (Å²) < 4.78 is 0. The van der Waals surface area contributed by atoms with Gasteiger partial charge in [-0.05, 0) is 36.9 Å². The van der Waals surface area contributed by atoms with Gasteiger partial charge >= 0.3 is 0 Å². The molecule has 2 N–H and O–H groups in total. The molecule has 0 fully saturated rings. The molecule has 0 radical (unpaired) electrons. The number of nitrogens with zero attached hydrogens (tertiary/aromatic N) is 1. The van der Waals surface area contributed by atoms with Crippen molar-refractivity contribution in [2.24, 2.45) is 0 Å². The Bertz CT molecular complexity index is 747. The minimum absolute atomic E-state index is 0.0274. The molecular weight excluding hydrogens is 328 g/mol. The van der Waals surface area contributed by atoms with Crippen molar-refractivity contribution in [3.05, 3.63) is 69.3 Å². The summed E-state index contributed by atoms with van der Waals surface area (Å²) >= 11 is 1.60. The van der Waals surface area contributed by atoms with Crippen molar-refractivity contribution in [2.75, 3.05) is 12.8 Å². The zero-order valence-corrected chi connectivity index (χ0v) is 14.2. The lowest BCUT2D eigenvalue weighted by Gasteiger charge is -2.13. The van der Waals surface area contributed by atoms with Crippen molar-refractivity contribution in [3.63, 3.8) is 0 Å². The van der Waals surface area contributed by atoms with Gasteiger partial charge in [0.2, 0.25) is 0 Å². The van der Waals surface area contributed by atoms with Crippen LogP contribution in [0, 0.1) is 17.0 Å². The third-order valence-electron chi connectivity index (χ3n) is 3.70. The van der Waals surface area contributed by atoms with Gasteiger partial charge in [-0.25, -0.2) is 0 Å². The van der Waals surface area contributed by atoms with Crippen molar-refractivity contribution in [1.29, 1.82) is 0 Å². The van der Waals surface area contributed by atoms with Crippen LogP contribution in [0.3, 0.4) is 0 Å². The van der Waals surface area contributed by atoms with Crippen LogP contribution in [0.4, 0.5) is 5.69 Å². The number of nitrogens with one attached hydrogen (secondary N) is 1. The predicted molar refractivity (Wildman–Crippen MR) is 93.3 cm³/mol. The van der Waals surface area contributed by atoms with E-state index in [1.165, 1.54) is 25.1 Å². The molecule has 0 saturated carbocycles. The van der Waals surface area contributed by atoms with Gasteiger partial charge in [0.15, 0.2) is 0 Å². The lowest BCUT2D eigenvalue weighted by atomic mass is 10.1. The van der Waals surface area contributed by atoms with Crippen LogP contribution in [0.1, 0.15) is 27.6 Å². The number of nitro benzene ring substituents is 1. The SMILES string of the molecule is CSc1ccc(C(O)CNC(=O)c2cccc([N+](=O)[O-])c2C)cc1. The maximum Gasteiger partial charge on any atom is 0.273 e. The molecule has 0 spiro atoms. The fraction of sp³-hybridized carbons (Fsp3) is 0.235. The Morgan fingerprint density at radius 1 is 1.29 bits per heavy atom. The van der Waals surface area contributed by atoms with Crippen molar-refractivity contribution in [3.8, 4) is 0 Å². The number of aliphatic hydroxyl groups is 1. The van der Waals surface area contributed by atoms with Gasteiger partial charge < -0.3 is 10.4 Å². The minimum atomic E-state index is -0.844. The van der Waals surface area contributed by atoms with E-state index in [0.29, 0.717) is 11.1 Å². The molecule has 24 heavy (non-hydrogen) atoms. The Labute approximate surface area is 144 Å². The highest BCUT2D eigenvalue weighted by atomic mass is 32.2. The summed E-state index contributed by atoms with van der Waals surface area (Å²) in [6.45, 7) is 1.56. The number of carbonyl (C=O) groups excluding carboxylic acids is 1. The first-order valence-electron chi connectivity index (χ1n) is 7.28. The third-order valence-corrected chi connectivity index (χ3v) is 4.45. The largest absolute Gasteiger partial charge is 0.387 e. The van der Waals surface area contributed by atoms with Crippen LogP contribution in [0.15, 0.2) is 47.4 Å². The molecule has 1 unspecified atom stereocenters. The molecule has 2 aromatic carbocycles. The highest BCUT2D eigenvalue weighted by Crippen LogP contribution is 2.22. The van der Waals surface area contributed by atoms with Crippen LogP contribution in [0.5, 0.6) is 0 Å². The molecule has 0 bridgehead atoms. The number of carbonyl (C=O) groups is 1. The molecule has 0 heterocycles. The van der Waals surface area contributed by atoms with Gasteiger partial charge in [-0.15, -0.1) is 11.8 Å². The molecule has 7 heteroatoms. The number of hydrogen-bond donors (Lipinski definition) is 2. The van der Waals surface area contributed by atoms with Gasteiger partial charge in [-0.1, -0.05) is 18.2 Å². The normalized spacial score (nSPS) is 11.8. The molecule has 2 aromatic rings. The van der Waals surface area contributed by atoms with Crippen molar-refractivity contribution < 1.29 is 14.8 Å². The van der Waals surface area contributed by atoms with Crippen LogP contribution in [-0.2, 0) is 0 Å². The van der Waals surface area contributed by atoms with E-state index < -0.39 is 16.9 Å². The second-order valence-electron chi connectivity index (χ2n) is 5.21. The average molecular weight is 346 g/mol. The quantitative estimate of drug-likeness (QED) is 0.476. The molecule has 0 aromatic heterocycles. The fourth-order valence-electron chi connectivity index (χ4n) is 2.30. The summed E-state index contributed by atoms with van der Waals surface area (Å²) in [5.41, 5.74) is 1.13. The van der Waals surface area contributed by atoms with Gasteiger partial charge in [-0.2, -0.15) is 0 Å². The highest BCUT2D eigenvalue weighted by Gasteiger charge is 2.18. The summed E-state index contributed by atoms with van der Waals surface area (Å²) in [4.78, 5) is 23.7. The van der Waals surface area contributed by atoms with E-state index in [2.05, 4.69) is 5.32 Å². The maximum atomic E-state index is 12.2. The number of amides is 1. The number of rotatable bonds is 6. The average Bonchev–Trinajstić information content (AvgIpc) is 2.59. The third kappa shape index (κ3) is 4.12. The number of thioether (sulfide) groups is 1. The van der Waals surface area contributed by atoms with Gasteiger partial charge in [0, 0.05) is 28.6 Å². The maximum absolute atomic E-state index is 12.2. The van der Waals surface area contributed by atoms with E-state index in [1.807, 2.05) is 18.4 Å². The number of hydrogen-bond acceptors (Lipinski definition) is 5. The van der Waals surface area contributed by atoms with Crippen molar-refractivity contribution >= 4 is 23.4 Å². The van der Waals surface area contributed by atoms with E-state index in [9.17, 15) is 20.0 Å². The Morgan fingerprint density at radius 2 is 1.96 bits per heavy atom. The molecule has 2 rings (SSSR count). The number of nitro groups is 1. The van der Waals surface area contributed by atoms with Crippen LogP contribution in [0.25, 0.3) is 0 Å². The monoisotopic (exact) mass is 346 g/mol. The molecule has 1 atom stereocenters. The zero-order valence-electron chi connectivity index (χ0n) is 13.4. The summed E-state index contributed by atoms with van der Waals surface area (Å²) in [7, 11) is 0. The molecule has 126 valence electrons. The van der Waals surface area contributed by atoms with E-state index in [0.717, 1.165) is 4.90 Å². The van der Waals surface area contributed by atoms with Gasteiger partial charge in [0.25, 0.3) is 11.6 Å². The first-order valence-corrected chi connectivity index (χ1v) is 8.50. The Balaban J connectivity index is 2.04. The number of aliphatic hydroxyl groups excluding tert-OH is 1. The first kappa shape index (κ1) is 18.0. The molecule has 0 aliphatic heterocycles. The first-order chi connectivity index (χ1) is 11.4. The smallest absolute Gasteiger partial charge is 0.273 e. The fourth-order valence-corrected chi connectivity index (χ4v) is 2.70. The summed E-state index contributed by atoms with van der Waals surface area (Å²) in [5.74, 6) is -0.448. The van der Waals surface area contributed by atoms with Crippen LogP contribution in [-0.4, -0.2) is 28.7 Å². The Kier molecular flexibility index (Phi) is 5.94. The van der Waals surface area contributed by atoms with Gasteiger partial charge in [-0.3, -0.25) is 14.9 Å².